The SMILES string of the molecule is C=CC[N+](C)(C)CC(=O)OCC.[Br-]. The van der Waals surface area contributed by atoms with Crippen molar-refractivity contribution in [1.82, 2.24) is 0 Å². The van der Waals surface area contributed by atoms with Gasteiger partial charge in [-0.25, -0.2) is 4.79 Å². The van der Waals surface area contributed by atoms with Gasteiger partial charge < -0.3 is 26.2 Å². The zero-order valence-corrected chi connectivity index (χ0v) is 10.1. The zero-order chi connectivity index (χ0) is 9.61. The molecular formula is C9H18BrNO2. The van der Waals surface area contributed by atoms with E-state index in [9.17, 15) is 4.79 Å². The molecule has 0 heterocycles. The lowest BCUT2D eigenvalue weighted by atomic mass is 10.4. The van der Waals surface area contributed by atoms with Crippen LogP contribution < -0.4 is 17.0 Å². The van der Waals surface area contributed by atoms with Gasteiger partial charge in [0.15, 0.2) is 6.54 Å². The van der Waals surface area contributed by atoms with Gasteiger partial charge in [-0.3, -0.25) is 0 Å². The molecule has 0 atom stereocenters. The third-order valence-electron chi connectivity index (χ3n) is 1.49. The summed E-state index contributed by atoms with van der Waals surface area (Å²) in [5.41, 5.74) is 0. The molecule has 0 radical (unpaired) electrons. The molecule has 0 bridgehead atoms. The molecule has 13 heavy (non-hydrogen) atoms. The maximum Gasteiger partial charge on any atom is 0.361 e. The molecule has 3 nitrogen and oxygen atoms in total. The molecule has 78 valence electrons. The van der Waals surface area contributed by atoms with Crippen molar-refractivity contribution in [2.45, 2.75) is 6.92 Å². The van der Waals surface area contributed by atoms with Gasteiger partial charge in [0.2, 0.25) is 0 Å². The first-order valence-electron chi connectivity index (χ1n) is 4.10. The van der Waals surface area contributed by atoms with Gasteiger partial charge in [0.05, 0.1) is 27.2 Å². The Bertz CT molecular complexity index is 169. The number of ether oxygens (including phenoxy) is 1. The molecule has 0 aromatic heterocycles. The van der Waals surface area contributed by atoms with Crippen LogP contribution in [-0.4, -0.2) is 44.2 Å². The molecule has 0 saturated heterocycles. The quantitative estimate of drug-likeness (QED) is 0.316. The minimum absolute atomic E-state index is 0. The van der Waals surface area contributed by atoms with Crippen LogP contribution in [0.15, 0.2) is 12.7 Å². The Morgan fingerprint density at radius 2 is 2.08 bits per heavy atom. The second-order valence-corrected chi connectivity index (χ2v) is 3.37. The van der Waals surface area contributed by atoms with Crippen LogP contribution in [0.1, 0.15) is 6.92 Å². The van der Waals surface area contributed by atoms with Gasteiger partial charge in [-0.05, 0) is 13.0 Å². The summed E-state index contributed by atoms with van der Waals surface area (Å²) in [5.74, 6) is -0.149. The van der Waals surface area contributed by atoms with Crippen LogP contribution in [0.4, 0.5) is 0 Å². The van der Waals surface area contributed by atoms with E-state index in [0.717, 1.165) is 6.54 Å². The zero-order valence-electron chi connectivity index (χ0n) is 8.55. The van der Waals surface area contributed by atoms with Crippen LogP contribution >= 0.6 is 0 Å². The van der Waals surface area contributed by atoms with Gasteiger partial charge in [0, 0.05) is 0 Å². The molecule has 0 unspecified atom stereocenters. The highest BCUT2D eigenvalue weighted by Gasteiger charge is 2.18. The first kappa shape index (κ1) is 15.1. The summed E-state index contributed by atoms with van der Waals surface area (Å²) >= 11 is 0. The Morgan fingerprint density at radius 1 is 1.54 bits per heavy atom. The maximum atomic E-state index is 11.1. The summed E-state index contributed by atoms with van der Waals surface area (Å²) in [4.78, 5) is 11.1. The van der Waals surface area contributed by atoms with Gasteiger partial charge in [0.1, 0.15) is 0 Å². The molecule has 0 fully saturated rings. The van der Waals surface area contributed by atoms with E-state index in [1.807, 2.05) is 21.0 Å². The van der Waals surface area contributed by atoms with Crippen LogP contribution in [0, 0.1) is 0 Å². The second kappa shape index (κ2) is 7.09. The van der Waals surface area contributed by atoms with E-state index in [-0.39, 0.29) is 23.0 Å². The van der Waals surface area contributed by atoms with Crippen LogP contribution in [0.3, 0.4) is 0 Å². The number of rotatable bonds is 5. The van der Waals surface area contributed by atoms with E-state index < -0.39 is 0 Å². The largest absolute Gasteiger partial charge is 1.00 e. The fourth-order valence-corrected chi connectivity index (χ4v) is 0.970. The van der Waals surface area contributed by atoms with Crippen molar-refractivity contribution in [3.05, 3.63) is 12.7 Å². The average molecular weight is 252 g/mol. The second-order valence-electron chi connectivity index (χ2n) is 3.37. The topological polar surface area (TPSA) is 26.3 Å². The minimum Gasteiger partial charge on any atom is -1.00 e. The van der Waals surface area contributed by atoms with Crippen molar-refractivity contribution in [2.75, 3.05) is 33.8 Å². The summed E-state index contributed by atoms with van der Waals surface area (Å²) in [6, 6.07) is 0. The van der Waals surface area contributed by atoms with Crippen molar-refractivity contribution in [3.8, 4) is 0 Å². The van der Waals surface area contributed by atoms with Gasteiger partial charge in [0.25, 0.3) is 0 Å². The summed E-state index contributed by atoms with van der Waals surface area (Å²) in [6.07, 6.45) is 1.80. The Kier molecular flexibility index (Phi) is 8.26. The molecule has 0 aliphatic heterocycles. The van der Waals surface area contributed by atoms with E-state index in [1.54, 1.807) is 6.08 Å². The van der Waals surface area contributed by atoms with E-state index in [0.29, 0.717) is 17.6 Å². The molecule has 0 aliphatic carbocycles. The Morgan fingerprint density at radius 3 is 2.46 bits per heavy atom. The number of hydrogen-bond acceptors (Lipinski definition) is 2. The number of hydrogen-bond donors (Lipinski definition) is 0. The van der Waals surface area contributed by atoms with Gasteiger partial charge in [-0.1, -0.05) is 6.58 Å². The predicted molar refractivity (Wildman–Crippen MR) is 48.7 cm³/mol. The summed E-state index contributed by atoms with van der Waals surface area (Å²) in [7, 11) is 3.94. The van der Waals surface area contributed by atoms with Crippen molar-refractivity contribution >= 4 is 5.97 Å². The number of quaternary nitrogens is 1. The lowest BCUT2D eigenvalue weighted by Crippen LogP contribution is -3.00. The Balaban J connectivity index is 0. The van der Waals surface area contributed by atoms with E-state index in [4.69, 9.17) is 4.74 Å². The van der Waals surface area contributed by atoms with Gasteiger partial charge in [-0.2, -0.15) is 0 Å². The number of halogens is 1. The Hall–Kier alpha value is -0.350. The number of carbonyl (C=O) groups excluding carboxylic acids is 1. The van der Waals surface area contributed by atoms with Crippen LogP contribution in [-0.2, 0) is 9.53 Å². The molecular weight excluding hydrogens is 234 g/mol. The molecule has 0 aliphatic rings. The van der Waals surface area contributed by atoms with Crippen LogP contribution in [0.25, 0.3) is 0 Å². The molecule has 0 spiro atoms. The molecule has 0 aromatic rings. The number of esters is 1. The highest BCUT2D eigenvalue weighted by atomic mass is 79.9. The maximum absolute atomic E-state index is 11.1. The average Bonchev–Trinajstić information content (AvgIpc) is 1.85. The monoisotopic (exact) mass is 251 g/mol. The van der Waals surface area contributed by atoms with Gasteiger partial charge >= 0.3 is 5.97 Å². The lowest BCUT2D eigenvalue weighted by molar-refractivity contribution is -0.877. The van der Waals surface area contributed by atoms with Crippen LogP contribution in [0.5, 0.6) is 0 Å². The molecule has 0 rings (SSSR count). The third-order valence-corrected chi connectivity index (χ3v) is 1.49. The van der Waals surface area contributed by atoms with Crippen molar-refractivity contribution in [1.29, 1.82) is 0 Å². The fourth-order valence-electron chi connectivity index (χ4n) is 0.970. The van der Waals surface area contributed by atoms with E-state index in [2.05, 4.69) is 6.58 Å². The fraction of sp³-hybridized carbons (Fsp3) is 0.667. The molecule has 0 aromatic carbocycles. The van der Waals surface area contributed by atoms with Gasteiger partial charge in [-0.15, -0.1) is 0 Å². The lowest BCUT2D eigenvalue weighted by Gasteiger charge is -2.26. The molecule has 4 heteroatoms. The molecule has 0 amide bonds. The highest BCUT2D eigenvalue weighted by molar-refractivity contribution is 5.70. The van der Waals surface area contributed by atoms with E-state index >= 15 is 0 Å². The first-order chi connectivity index (χ1) is 5.52. The summed E-state index contributed by atoms with van der Waals surface area (Å²) < 4.78 is 5.43. The number of likely N-dealkylation sites (N-methyl/N-ethyl adjacent to an activating group) is 1. The summed E-state index contributed by atoms with van der Waals surface area (Å²) in [6.45, 7) is 7.07. The number of carbonyl (C=O) groups is 1. The number of nitrogens with zero attached hydrogens (tertiary/aromatic N) is 1. The van der Waals surface area contributed by atoms with Crippen molar-refractivity contribution in [3.63, 3.8) is 0 Å². The Labute approximate surface area is 90.7 Å². The van der Waals surface area contributed by atoms with Crippen molar-refractivity contribution in [2.24, 2.45) is 0 Å². The standard InChI is InChI=1S/C9H18NO2.BrH/c1-5-7-10(3,4)8-9(11)12-6-2;/h5H,1,6-8H2,2-4H3;1H/q+1;/p-1. The van der Waals surface area contributed by atoms with Crippen molar-refractivity contribution < 1.29 is 31.0 Å². The molecule has 0 saturated carbocycles. The summed E-state index contributed by atoms with van der Waals surface area (Å²) in [5, 5.41) is 0. The molecule has 0 N–H and O–H groups in total. The smallest absolute Gasteiger partial charge is 0.361 e. The van der Waals surface area contributed by atoms with E-state index in [1.165, 1.54) is 0 Å². The third kappa shape index (κ3) is 7.99. The first-order valence-corrected chi connectivity index (χ1v) is 4.10. The highest BCUT2D eigenvalue weighted by Crippen LogP contribution is 1.97. The minimum atomic E-state index is -0.149. The predicted octanol–water partition coefficient (Wildman–Crippen LogP) is -2.18. The normalized spacial score (nSPS) is 10.1. The van der Waals surface area contributed by atoms with Crippen LogP contribution in [0.2, 0.25) is 0 Å².